The molecule has 5 nitrogen and oxygen atoms in total. The van der Waals surface area contributed by atoms with Gasteiger partial charge in [-0.05, 0) is 23.3 Å². The van der Waals surface area contributed by atoms with Crippen molar-refractivity contribution in [1.82, 2.24) is 0 Å². The van der Waals surface area contributed by atoms with Crippen LogP contribution in [0.4, 0.5) is 0 Å². The SMILES string of the molecule is COc1ccc(C[S+]([O-])C=Cc2c(OC)cc(OC)cc2OC)cc1. The quantitative estimate of drug-likeness (QED) is 0.671. The van der Waals surface area contributed by atoms with Gasteiger partial charge in [-0.15, -0.1) is 0 Å². The predicted molar refractivity (Wildman–Crippen MR) is 100.0 cm³/mol. The lowest BCUT2D eigenvalue weighted by Crippen LogP contribution is -2.00. The van der Waals surface area contributed by atoms with E-state index in [0.717, 1.165) is 11.3 Å². The number of benzene rings is 2. The van der Waals surface area contributed by atoms with Gasteiger partial charge < -0.3 is 23.5 Å². The molecule has 0 saturated heterocycles. The molecule has 1 atom stereocenters. The molecular weight excluding hydrogens is 340 g/mol. The zero-order chi connectivity index (χ0) is 18.2. The summed E-state index contributed by atoms with van der Waals surface area (Å²) in [5, 5.41) is 1.64. The van der Waals surface area contributed by atoms with Crippen molar-refractivity contribution >= 4 is 17.3 Å². The molecule has 0 amide bonds. The van der Waals surface area contributed by atoms with E-state index in [9.17, 15) is 4.55 Å². The lowest BCUT2D eigenvalue weighted by molar-refractivity contribution is 0.374. The van der Waals surface area contributed by atoms with E-state index in [1.54, 1.807) is 52.1 Å². The van der Waals surface area contributed by atoms with Crippen LogP contribution in [-0.2, 0) is 16.9 Å². The Kier molecular flexibility index (Phi) is 7.03. The van der Waals surface area contributed by atoms with Gasteiger partial charge in [0.15, 0.2) is 0 Å². The average Bonchev–Trinajstić information content (AvgIpc) is 2.66. The zero-order valence-electron chi connectivity index (χ0n) is 14.8. The van der Waals surface area contributed by atoms with E-state index in [2.05, 4.69) is 0 Å². The molecule has 0 N–H and O–H groups in total. The highest BCUT2D eigenvalue weighted by Crippen LogP contribution is 2.35. The maximum Gasteiger partial charge on any atom is 0.135 e. The molecule has 0 radical (unpaired) electrons. The van der Waals surface area contributed by atoms with Crippen molar-refractivity contribution in [3.05, 3.63) is 52.9 Å². The van der Waals surface area contributed by atoms with E-state index >= 15 is 0 Å². The number of methoxy groups -OCH3 is 4. The Morgan fingerprint density at radius 2 is 1.40 bits per heavy atom. The van der Waals surface area contributed by atoms with Crippen molar-refractivity contribution in [3.63, 3.8) is 0 Å². The third-order valence-corrected chi connectivity index (χ3v) is 4.67. The smallest absolute Gasteiger partial charge is 0.135 e. The summed E-state index contributed by atoms with van der Waals surface area (Å²) < 4.78 is 33.5. The van der Waals surface area contributed by atoms with E-state index in [1.807, 2.05) is 24.3 Å². The second-order valence-electron chi connectivity index (χ2n) is 5.12. The Balaban J connectivity index is 2.16. The minimum Gasteiger partial charge on any atom is -0.612 e. The van der Waals surface area contributed by atoms with Crippen LogP contribution in [0.2, 0.25) is 0 Å². The summed E-state index contributed by atoms with van der Waals surface area (Å²) in [6.45, 7) is 0. The molecule has 6 heteroatoms. The van der Waals surface area contributed by atoms with Crippen LogP contribution in [-0.4, -0.2) is 33.0 Å². The summed E-state index contributed by atoms with van der Waals surface area (Å²) in [5.41, 5.74) is 1.69. The summed E-state index contributed by atoms with van der Waals surface area (Å²) in [5.74, 6) is 3.01. The normalized spacial score (nSPS) is 12.0. The van der Waals surface area contributed by atoms with Crippen LogP contribution >= 0.6 is 0 Å². The van der Waals surface area contributed by atoms with Crippen LogP contribution in [0.1, 0.15) is 11.1 Å². The molecule has 1 unspecified atom stereocenters. The van der Waals surface area contributed by atoms with E-state index in [1.165, 1.54) is 0 Å². The molecule has 2 aromatic rings. The van der Waals surface area contributed by atoms with Crippen molar-refractivity contribution in [2.75, 3.05) is 28.4 Å². The molecule has 134 valence electrons. The van der Waals surface area contributed by atoms with Crippen molar-refractivity contribution in [2.24, 2.45) is 0 Å². The Bertz CT molecular complexity index is 687. The topological polar surface area (TPSA) is 60.0 Å². The van der Waals surface area contributed by atoms with Gasteiger partial charge in [-0.1, -0.05) is 12.1 Å². The zero-order valence-corrected chi connectivity index (χ0v) is 15.6. The molecule has 2 aromatic carbocycles. The highest BCUT2D eigenvalue weighted by molar-refractivity contribution is 7.93. The van der Waals surface area contributed by atoms with Gasteiger partial charge in [0.25, 0.3) is 0 Å². The first-order chi connectivity index (χ1) is 12.1. The highest BCUT2D eigenvalue weighted by atomic mass is 32.2. The molecule has 0 aromatic heterocycles. The average molecular weight is 362 g/mol. The van der Waals surface area contributed by atoms with Gasteiger partial charge in [-0.3, -0.25) is 0 Å². The Labute approximate surface area is 151 Å². The van der Waals surface area contributed by atoms with Gasteiger partial charge in [0.1, 0.15) is 34.2 Å². The number of hydrogen-bond donors (Lipinski definition) is 0. The molecule has 0 aliphatic carbocycles. The minimum absolute atomic E-state index is 0.418. The Hall–Kier alpha value is -2.31. The van der Waals surface area contributed by atoms with Crippen LogP contribution in [0, 0.1) is 0 Å². The summed E-state index contributed by atoms with van der Waals surface area (Å²) in [7, 11) is 6.33. The van der Waals surface area contributed by atoms with Gasteiger partial charge >= 0.3 is 0 Å². The third-order valence-electron chi connectivity index (χ3n) is 3.61. The fraction of sp³-hybridized carbons (Fsp3) is 0.263. The minimum atomic E-state index is -1.17. The summed E-state index contributed by atoms with van der Waals surface area (Å²) in [6, 6.07) is 11.0. The van der Waals surface area contributed by atoms with E-state index in [4.69, 9.17) is 18.9 Å². The van der Waals surface area contributed by atoms with Crippen LogP contribution in [0.3, 0.4) is 0 Å². The van der Waals surface area contributed by atoms with Gasteiger partial charge in [-0.25, -0.2) is 0 Å². The van der Waals surface area contributed by atoms with Crippen molar-refractivity contribution in [2.45, 2.75) is 5.75 Å². The first-order valence-corrected chi connectivity index (χ1v) is 8.97. The highest BCUT2D eigenvalue weighted by Gasteiger charge is 2.12. The second kappa shape index (κ2) is 9.25. The summed E-state index contributed by atoms with van der Waals surface area (Å²) in [6.07, 6.45) is 1.75. The van der Waals surface area contributed by atoms with Gasteiger partial charge in [0.05, 0.1) is 34.0 Å². The molecule has 25 heavy (non-hydrogen) atoms. The standard InChI is InChI=1S/C19H22O5S/c1-21-15-7-5-14(6-8-15)13-25(20)10-9-17-18(23-3)11-16(22-2)12-19(17)24-4/h5-12H,13H2,1-4H3. The van der Waals surface area contributed by atoms with E-state index in [-0.39, 0.29) is 0 Å². The molecule has 0 saturated carbocycles. The fourth-order valence-electron chi connectivity index (χ4n) is 2.27. The van der Waals surface area contributed by atoms with Gasteiger partial charge in [0, 0.05) is 23.8 Å². The molecular formula is C19H22O5S. The van der Waals surface area contributed by atoms with Crippen molar-refractivity contribution < 1.29 is 23.5 Å². The number of ether oxygens (including phenoxy) is 4. The molecule has 0 heterocycles. The van der Waals surface area contributed by atoms with Crippen molar-refractivity contribution in [1.29, 1.82) is 0 Å². The molecule has 0 aliphatic heterocycles. The molecule has 0 aliphatic rings. The fourth-order valence-corrected chi connectivity index (χ4v) is 3.18. The molecule has 2 rings (SSSR count). The Morgan fingerprint density at radius 3 is 1.88 bits per heavy atom. The second-order valence-corrected chi connectivity index (χ2v) is 6.44. The largest absolute Gasteiger partial charge is 0.612 e. The van der Waals surface area contributed by atoms with Gasteiger partial charge in [0.2, 0.25) is 0 Å². The molecule has 0 spiro atoms. The van der Waals surface area contributed by atoms with E-state index in [0.29, 0.717) is 28.6 Å². The maximum atomic E-state index is 12.3. The monoisotopic (exact) mass is 362 g/mol. The molecule has 0 bridgehead atoms. The lowest BCUT2D eigenvalue weighted by Gasteiger charge is -2.13. The summed E-state index contributed by atoms with van der Waals surface area (Å²) in [4.78, 5) is 0. The molecule has 0 fully saturated rings. The first-order valence-electron chi connectivity index (χ1n) is 7.59. The lowest BCUT2D eigenvalue weighted by atomic mass is 10.1. The van der Waals surface area contributed by atoms with Gasteiger partial charge in [-0.2, -0.15) is 0 Å². The van der Waals surface area contributed by atoms with Crippen LogP contribution in [0.25, 0.3) is 6.08 Å². The Morgan fingerprint density at radius 1 is 0.840 bits per heavy atom. The first kappa shape index (κ1) is 19.0. The number of rotatable bonds is 8. The summed E-state index contributed by atoms with van der Waals surface area (Å²) >= 11 is -1.17. The maximum absolute atomic E-state index is 12.3. The number of hydrogen-bond acceptors (Lipinski definition) is 5. The van der Waals surface area contributed by atoms with Crippen molar-refractivity contribution in [3.8, 4) is 23.0 Å². The van der Waals surface area contributed by atoms with Crippen LogP contribution < -0.4 is 18.9 Å². The van der Waals surface area contributed by atoms with Crippen LogP contribution in [0.5, 0.6) is 23.0 Å². The predicted octanol–water partition coefficient (Wildman–Crippen LogP) is 3.64. The third kappa shape index (κ3) is 5.08. The van der Waals surface area contributed by atoms with Crippen LogP contribution in [0.15, 0.2) is 41.8 Å². The van der Waals surface area contributed by atoms with E-state index < -0.39 is 11.2 Å².